The van der Waals surface area contributed by atoms with Crippen LogP contribution in [0.2, 0.25) is 0 Å². The van der Waals surface area contributed by atoms with Crippen molar-refractivity contribution in [3.63, 3.8) is 0 Å². The minimum Gasteiger partial charge on any atom is -0.459 e. The molecule has 0 saturated carbocycles. The average Bonchev–Trinajstić information content (AvgIpc) is 2.73. The molecule has 1 heterocycles. The van der Waals surface area contributed by atoms with Crippen LogP contribution in [0.25, 0.3) is 11.0 Å². The van der Waals surface area contributed by atoms with Gasteiger partial charge in [0.1, 0.15) is 18.2 Å². The Bertz CT molecular complexity index is 1130. The summed E-state index contributed by atoms with van der Waals surface area (Å²) in [5.41, 5.74) is 2.89. The molecule has 1 N–H and O–H groups in total. The Hall–Kier alpha value is -3.41. The van der Waals surface area contributed by atoms with E-state index in [0.717, 1.165) is 16.5 Å². The highest BCUT2D eigenvalue weighted by molar-refractivity contribution is 5.96. The second-order valence-electron chi connectivity index (χ2n) is 7.64. The van der Waals surface area contributed by atoms with Crippen LogP contribution in [-0.2, 0) is 16.1 Å². The molecule has 0 spiro atoms. The van der Waals surface area contributed by atoms with E-state index in [1.807, 2.05) is 45.9 Å². The maximum Gasteiger partial charge on any atom is 0.336 e. The van der Waals surface area contributed by atoms with Crippen LogP contribution in [0.3, 0.4) is 0 Å². The molecule has 0 aliphatic heterocycles. The van der Waals surface area contributed by atoms with Crippen LogP contribution in [0.15, 0.2) is 57.7 Å². The summed E-state index contributed by atoms with van der Waals surface area (Å²) < 4.78 is 10.8. The zero-order valence-electron chi connectivity index (χ0n) is 17.5. The lowest BCUT2D eigenvalue weighted by atomic mass is 10.0. The first-order valence-corrected chi connectivity index (χ1v) is 9.83. The van der Waals surface area contributed by atoms with Crippen molar-refractivity contribution in [1.82, 2.24) is 5.32 Å². The van der Waals surface area contributed by atoms with Crippen LogP contribution in [0.5, 0.6) is 0 Å². The molecule has 156 valence electrons. The standard InChI is InChI=1S/C24H25NO5/c1-14(2)21(25-23(27)17-8-6-5-7-9-17)24(28)29-13-18-12-20(26)30-22-16(4)15(3)10-11-19(18)22/h5-12,14,21H,13H2,1-4H3,(H,25,27). The van der Waals surface area contributed by atoms with Crippen molar-refractivity contribution >= 4 is 22.8 Å². The van der Waals surface area contributed by atoms with Gasteiger partial charge in [-0.3, -0.25) is 4.79 Å². The quantitative estimate of drug-likeness (QED) is 0.495. The van der Waals surface area contributed by atoms with Crippen LogP contribution in [0.1, 0.15) is 40.9 Å². The van der Waals surface area contributed by atoms with Crippen LogP contribution in [-0.4, -0.2) is 17.9 Å². The summed E-state index contributed by atoms with van der Waals surface area (Å²) in [5, 5.41) is 3.46. The fourth-order valence-electron chi connectivity index (χ4n) is 3.19. The van der Waals surface area contributed by atoms with E-state index in [9.17, 15) is 14.4 Å². The van der Waals surface area contributed by atoms with Crippen molar-refractivity contribution < 1.29 is 18.7 Å². The van der Waals surface area contributed by atoms with Gasteiger partial charge < -0.3 is 14.5 Å². The highest BCUT2D eigenvalue weighted by Crippen LogP contribution is 2.24. The van der Waals surface area contributed by atoms with Crippen LogP contribution < -0.4 is 10.9 Å². The Morgan fingerprint density at radius 3 is 2.43 bits per heavy atom. The molecular weight excluding hydrogens is 382 g/mol. The molecule has 0 radical (unpaired) electrons. The van der Waals surface area contributed by atoms with Gasteiger partial charge in [-0.15, -0.1) is 0 Å². The zero-order valence-corrected chi connectivity index (χ0v) is 17.5. The molecule has 30 heavy (non-hydrogen) atoms. The molecule has 1 aromatic heterocycles. The molecule has 0 saturated heterocycles. The average molecular weight is 407 g/mol. The van der Waals surface area contributed by atoms with Crippen LogP contribution in [0.4, 0.5) is 0 Å². The monoisotopic (exact) mass is 407 g/mol. The van der Waals surface area contributed by atoms with Crippen molar-refractivity contribution in [2.24, 2.45) is 5.92 Å². The van der Waals surface area contributed by atoms with Crippen molar-refractivity contribution in [1.29, 1.82) is 0 Å². The molecule has 0 bridgehead atoms. The number of hydrogen-bond donors (Lipinski definition) is 1. The highest BCUT2D eigenvalue weighted by Gasteiger charge is 2.26. The van der Waals surface area contributed by atoms with Gasteiger partial charge in [0, 0.05) is 22.6 Å². The molecule has 0 aliphatic rings. The Balaban J connectivity index is 1.78. The van der Waals surface area contributed by atoms with Gasteiger partial charge >= 0.3 is 11.6 Å². The number of benzene rings is 2. The minimum atomic E-state index is -0.812. The molecule has 3 aromatic rings. The van der Waals surface area contributed by atoms with E-state index in [4.69, 9.17) is 9.15 Å². The first-order valence-electron chi connectivity index (χ1n) is 9.83. The van der Waals surface area contributed by atoms with Gasteiger partial charge in [0.25, 0.3) is 5.91 Å². The number of hydrogen-bond acceptors (Lipinski definition) is 5. The van der Waals surface area contributed by atoms with E-state index in [1.165, 1.54) is 6.07 Å². The zero-order chi connectivity index (χ0) is 21.8. The summed E-state index contributed by atoms with van der Waals surface area (Å²) in [6, 6.07) is 13.0. The number of carbonyl (C=O) groups excluding carboxylic acids is 2. The molecule has 6 nitrogen and oxygen atoms in total. The number of nitrogens with one attached hydrogen (secondary N) is 1. The van der Waals surface area contributed by atoms with E-state index >= 15 is 0 Å². The fourth-order valence-corrected chi connectivity index (χ4v) is 3.19. The second-order valence-corrected chi connectivity index (χ2v) is 7.64. The predicted molar refractivity (Wildman–Crippen MR) is 114 cm³/mol. The first kappa shape index (κ1) is 21.3. The van der Waals surface area contributed by atoms with Crippen molar-refractivity contribution in [3.05, 3.63) is 81.2 Å². The third-order valence-corrected chi connectivity index (χ3v) is 5.13. The summed E-state index contributed by atoms with van der Waals surface area (Å²) >= 11 is 0. The maximum absolute atomic E-state index is 12.7. The SMILES string of the molecule is Cc1ccc2c(COC(=O)C(NC(=O)c3ccccc3)C(C)C)cc(=O)oc2c1C. The van der Waals surface area contributed by atoms with Gasteiger partial charge in [-0.2, -0.15) is 0 Å². The number of rotatable bonds is 6. The topological polar surface area (TPSA) is 85.6 Å². The van der Waals surface area contributed by atoms with E-state index < -0.39 is 17.6 Å². The van der Waals surface area contributed by atoms with Crippen LogP contribution in [0, 0.1) is 19.8 Å². The Morgan fingerprint density at radius 2 is 1.77 bits per heavy atom. The van der Waals surface area contributed by atoms with E-state index in [0.29, 0.717) is 16.7 Å². The summed E-state index contributed by atoms with van der Waals surface area (Å²) in [4.78, 5) is 37.2. The minimum absolute atomic E-state index is 0.0894. The number of carbonyl (C=O) groups is 2. The van der Waals surface area contributed by atoms with Crippen LogP contribution >= 0.6 is 0 Å². The third kappa shape index (κ3) is 4.59. The smallest absolute Gasteiger partial charge is 0.336 e. The Labute approximate surface area is 174 Å². The number of esters is 1. The first-order chi connectivity index (χ1) is 14.3. The molecular formula is C24H25NO5. The highest BCUT2D eigenvalue weighted by atomic mass is 16.5. The lowest BCUT2D eigenvalue weighted by molar-refractivity contribution is -0.148. The van der Waals surface area contributed by atoms with E-state index in [-0.39, 0.29) is 18.4 Å². The normalized spacial score (nSPS) is 12.0. The van der Waals surface area contributed by atoms with Gasteiger partial charge in [-0.25, -0.2) is 9.59 Å². The van der Waals surface area contributed by atoms with Gasteiger partial charge in [-0.1, -0.05) is 44.2 Å². The number of amides is 1. The summed E-state index contributed by atoms with van der Waals surface area (Å²) in [6.45, 7) is 7.38. The molecule has 1 amide bonds. The summed E-state index contributed by atoms with van der Waals surface area (Å²) in [5.74, 6) is -1.07. The summed E-state index contributed by atoms with van der Waals surface area (Å²) in [7, 11) is 0. The molecule has 0 aliphatic carbocycles. The molecule has 0 fully saturated rings. The number of fused-ring (bicyclic) bond motifs is 1. The fraction of sp³-hybridized carbons (Fsp3) is 0.292. The van der Waals surface area contributed by atoms with Crippen molar-refractivity contribution in [2.75, 3.05) is 0 Å². The lowest BCUT2D eigenvalue weighted by Gasteiger charge is -2.21. The second kappa shape index (κ2) is 8.95. The number of ether oxygens (including phenoxy) is 1. The molecule has 6 heteroatoms. The Kier molecular flexibility index (Phi) is 6.35. The largest absolute Gasteiger partial charge is 0.459 e. The van der Waals surface area contributed by atoms with Gasteiger partial charge in [0.15, 0.2) is 0 Å². The van der Waals surface area contributed by atoms with Crippen molar-refractivity contribution in [2.45, 2.75) is 40.3 Å². The van der Waals surface area contributed by atoms with Crippen molar-refractivity contribution in [3.8, 4) is 0 Å². The van der Waals surface area contributed by atoms with Gasteiger partial charge in [-0.05, 0) is 43.0 Å². The molecule has 3 rings (SSSR count). The molecule has 1 atom stereocenters. The lowest BCUT2D eigenvalue weighted by Crippen LogP contribution is -2.45. The van der Waals surface area contributed by atoms with E-state index in [1.54, 1.807) is 24.3 Å². The predicted octanol–water partition coefficient (Wildman–Crippen LogP) is 3.91. The molecule has 2 aromatic carbocycles. The Morgan fingerprint density at radius 1 is 1.07 bits per heavy atom. The summed E-state index contributed by atoms with van der Waals surface area (Å²) in [6.07, 6.45) is 0. The number of aryl methyl sites for hydroxylation is 2. The van der Waals surface area contributed by atoms with Gasteiger partial charge in [0.05, 0.1) is 0 Å². The third-order valence-electron chi connectivity index (χ3n) is 5.13. The molecule has 1 unspecified atom stereocenters. The van der Waals surface area contributed by atoms with Gasteiger partial charge in [0.2, 0.25) is 0 Å². The van der Waals surface area contributed by atoms with E-state index in [2.05, 4.69) is 5.32 Å². The maximum atomic E-state index is 12.7.